The molecule has 0 saturated heterocycles. The van der Waals surface area contributed by atoms with E-state index in [-0.39, 0.29) is 17.2 Å². The van der Waals surface area contributed by atoms with Gasteiger partial charge in [-0.3, -0.25) is 9.59 Å². The molecule has 0 unspecified atom stereocenters. The second-order valence-electron chi connectivity index (χ2n) is 9.79. The summed E-state index contributed by atoms with van der Waals surface area (Å²) in [4.78, 5) is 28.1. The highest BCUT2D eigenvalue weighted by Crippen LogP contribution is 2.25. The van der Waals surface area contributed by atoms with Crippen LogP contribution in [0.15, 0.2) is 42.5 Å². The number of hydrogen-bond donors (Lipinski definition) is 1. The smallest absolute Gasteiger partial charge is 0.242 e. The summed E-state index contributed by atoms with van der Waals surface area (Å²) in [6, 6.07) is 13.2. The third-order valence-electron chi connectivity index (χ3n) is 6.00. The Morgan fingerprint density at radius 1 is 0.971 bits per heavy atom. The lowest BCUT2D eigenvalue weighted by Crippen LogP contribution is -2.49. The summed E-state index contributed by atoms with van der Waals surface area (Å²) >= 11 is 12.3. The first-order chi connectivity index (χ1) is 16.1. The average Bonchev–Trinajstić information content (AvgIpc) is 2.79. The van der Waals surface area contributed by atoms with E-state index in [0.29, 0.717) is 42.4 Å². The summed E-state index contributed by atoms with van der Waals surface area (Å²) in [6.07, 6.45) is 3.39. The minimum absolute atomic E-state index is 0.0524. The van der Waals surface area contributed by atoms with Crippen LogP contribution in [-0.2, 0) is 28.0 Å². The van der Waals surface area contributed by atoms with Crippen LogP contribution in [-0.4, -0.2) is 29.3 Å². The Balaban J connectivity index is 2.19. The van der Waals surface area contributed by atoms with Crippen LogP contribution in [0.5, 0.6) is 0 Å². The summed E-state index contributed by atoms with van der Waals surface area (Å²) < 4.78 is 0. The quantitative estimate of drug-likeness (QED) is 0.336. The Hall–Kier alpha value is -2.04. The maximum atomic E-state index is 13.4. The van der Waals surface area contributed by atoms with E-state index in [4.69, 9.17) is 23.2 Å². The molecule has 186 valence electrons. The molecule has 1 N–H and O–H groups in total. The summed E-state index contributed by atoms with van der Waals surface area (Å²) in [5, 5.41) is 3.89. The molecule has 0 bridgehead atoms. The number of carbonyl (C=O) groups excluding carboxylic acids is 2. The normalized spacial score (nSPS) is 12.3. The second kappa shape index (κ2) is 13.2. The van der Waals surface area contributed by atoms with Crippen LogP contribution in [0, 0.1) is 0 Å². The van der Waals surface area contributed by atoms with E-state index in [2.05, 4.69) is 57.3 Å². The zero-order valence-electron chi connectivity index (χ0n) is 21.1. The SMILES string of the molecule is CCCCNC(=O)[C@H](CC)N(Cc1ccc(Cl)c(Cl)c1)C(=O)CCc1ccc(C(C)(C)C)cc1. The van der Waals surface area contributed by atoms with Gasteiger partial charge in [0, 0.05) is 19.5 Å². The second-order valence-corrected chi connectivity index (χ2v) is 10.6. The van der Waals surface area contributed by atoms with Crippen LogP contribution < -0.4 is 5.32 Å². The van der Waals surface area contributed by atoms with Gasteiger partial charge in [-0.2, -0.15) is 0 Å². The number of benzene rings is 2. The standard InChI is InChI=1S/C28H38Cl2N2O2/c1-6-8-17-31-27(34)25(7-2)32(19-21-11-15-23(29)24(30)18-21)26(33)16-12-20-9-13-22(14-10-20)28(3,4)5/h9-11,13-15,18,25H,6-8,12,16-17,19H2,1-5H3,(H,31,34)/t25-/m0/s1. The van der Waals surface area contributed by atoms with Crippen LogP contribution in [0.3, 0.4) is 0 Å². The highest BCUT2D eigenvalue weighted by Gasteiger charge is 2.28. The zero-order valence-corrected chi connectivity index (χ0v) is 22.6. The number of nitrogens with one attached hydrogen (secondary N) is 1. The van der Waals surface area contributed by atoms with Gasteiger partial charge in [0.15, 0.2) is 0 Å². The molecule has 2 rings (SSSR count). The van der Waals surface area contributed by atoms with Crippen molar-refractivity contribution in [1.82, 2.24) is 10.2 Å². The number of aryl methyl sites for hydroxylation is 1. The molecule has 1 atom stereocenters. The molecule has 2 aromatic carbocycles. The number of hydrogen-bond acceptors (Lipinski definition) is 2. The molecule has 34 heavy (non-hydrogen) atoms. The van der Waals surface area contributed by atoms with Crippen molar-refractivity contribution in [3.8, 4) is 0 Å². The molecule has 0 heterocycles. The summed E-state index contributed by atoms with van der Waals surface area (Å²) in [5.74, 6) is -0.164. The minimum atomic E-state index is -0.540. The van der Waals surface area contributed by atoms with Crippen LogP contribution >= 0.6 is 23.2 Å². The van der Waals surface area contributed by atoms with Gasteiger partial charge in [-0.1, -0.05) is 94.6 Å². The predicted molar refractivity (Wildman–Crippen MR) is 142 cm³/mol. The topological polar surface area (TPSA) is 49.4 Å². The van der Waals surface area contributed by atoms with Gasteiger partial charge in [0.2, 0.25) is 11.8 Å². The van der Waals surface area contributed by atoms with E-state index >= 15 is 0 Å². The fourth-order valence-electron chi connectivity index (χ4n) is 3.83. The lowest BCUT2D eigenvalue weighted by Gasteiger charge is -2.31. The third kappa shape index (κ3) is 8.32. The van der Waals surface area contributed by atoms with Crippen molar-refractivity contribution in [2.24, 2.45) is 0 Å². The van der Waals surface area contributed by atoms with Gasteiger partial charge in [-0.25, -0.2) is 0 Å². The third-order valence-corrected chi connectivity index (χ3v) is 6.74. The molecule has 6 heteroatoms. The molecule has 2 amide bonds. The number of unbranched alkanes of at least 4 members (excludes halogenated alkanes) is 1. The summed E-state index contributed by atoms with van der Waals surface area (Å²) in [6.45, 7) is 11.5. The van der Waals surface area contributed by atoms with Crippen LogP contribution in [0.25, 0.3) is 0 Å². The Morgan fingerprint density at radius 2 is 1.62 bits per heavy atom. The van der Waals surface area contributed by atoms with E-state index in [1.165, 1.54) is 5.56 Å². The molecule has 0 fully saturated rings. The highest BCUT2D eigenvalue weighted by molar-refractivity contribution is 6.42. The van der Waals surface area contributed by atoms with E-state index in [1.54, 1.807) is 17.0 Å². The average molecular weight is 506 g/mol. The van der Waals surface area contributed by atoms with E-state index < -0.39 is 6.04 Å². The largest absolute Gasteiger partial charge is 0.354 e. The zero-order chi connectivity index (χ0) is 25.3. The molecule has 0 aromatic heterocycles. The van der Waals surface area contributed by atoms with Gasteiger partial charge in [-0.05, 0) is 53.5 Å². The van der Waals surface area contributed by atoms with Crippen molar-refractivity contribution in [1.29, 1.82) is 0 Å². The van der Waals surface area contributed by atoms with Crippen molar-refractivity contribution in [2.45, 2.75) is 84.7 Å². The maximum Gasteiger partial charge on any atom is 0.242 e. The number of amides is 2. The highest BCUT2D eigenvalue weighted by atomic mass is 35.5. The Labute approximate surface area is 215 Å². The van der Waals surface area contributed by atoms with Crippen LogP contribution in [0.4, 0.5) is 0 Å². The summed E-state index contributed by atoms with van der Waals surface area (Å²) in [7, 11) is 0. The van der Waals surface area contributed by atoms with Gasteiger partial charge in [-0.15, -0.1) is 0 Å². The van der Waals surface area contributed by atoms with Gasteiger partial charge in [0.25, 0.3) is 0 Å². The first-order valence-electron chi connectivity index (χ1n) is 12.2. The first-order valence-corrected chi connectivity index (χ1v) is 12.9. The Morgan fingerprint density at radius 3 is 2.18 bits per heavy atom. The number of rotatable bonds is 11. The fourth-order valence-corrected chi connectivity index (χ4v) is 4.15. The molecule has 0 aliphatic rings. The Bertz CT molecular complexity index is 952. The fraction of sp³-hybridized carbons (Fsp3) is 0.500. The maximum absolute atomic E-state index is 13.4. The van der Waals surface area contributed by atoms with Crippen molar-refractivity contribution < 1.29 is 9.59 Å². The lowest BCUT2D eigenvalue weighted by atomic mass is 9.86. The van der Waals surface area contributed by atoms with Crippen molar-refractivity contribution in [3.63, 3.8) is 0 Å². The van der Waals surface area contributed by atoms with Crippen molar-refractivity contribution in [3.05, 3.63) is 69.2 Å². The van der Waals surface area contributed by atoms with Gasteiger partial charge in [0.1, 0.15) is 6.04 Å². The number of nitrogens with zero attached hydrogens (tertiary/aromatic N) is 1. The van der Waals surface area contributed by atoms with Crippen LogP contribution in [0.2, 0.25) is 10.0 Å². The molecule has 0 radical (unpaired) electrons. The molecule has 0 aliphatic carbocycles. The molecule has 0 spiro atoms. The minimum Gasteiger partial charge on any atom is -0.354 e. The van der Waals surface area contributed by atoms with Crippen LogP contribution in [0.1, 0.15) is 77.0 Å². The summed E-state index contributed by atoms with van der Waals surface area (Å²) in [5.41, 5.74) is 3.30. The predicted octanol–water partition coefficient (Wildman–Crippen LogP) is 6.95. The Kier molecular flexibility index (Phi) is 10.9. The van der Waals surface area contributed by atoms with E-state index in [1.807, 2.05) is 13.0 Å². The van der Waals surface area contributed by atoms with Gasteiger partial charge >= 0.3 is 0 Å². The number of halogens is 2. The van der Waals surface area contributed by atoms with E-state index in [0.717, 1.165) is 24.0 Å². The van der Waals surface area contributed by atoms with Gasteiger partial charge in [0.05, 0.1) is 10.0 Å². The first kappa shape index (κ1) is 28.2. The molecular weight excluding hydrogens is 467 g/mol. The van der Waals surface area contributed by atoms with Gasteiger partial charge < -0.3 is 10.2 Å². The van der Waals surface area contributed by atoms with Crippen molar-refractivity contribution >= 4 is 35.0 Å². The van der Waals surface area contributed by atoms with Crippen molar-refractivity contribution in [2.75, 3.05) is 6.54 Å². The molecule has 0 aliphatic heterocycles. The van der Waals surface area contributed by atoms with E-state index in [9.17, 15) is 9.59 Å². The molecule has 0 saturated carbocycles. The number of carbonyl (C=O) groups is 2. The molecular formula is C28H38Cl2N2O2. The lowest BCUT2D eigenvalue weighted by molar-refractivity contribution is -0.141. The molecule has 4 nitrogen and oxygen atoms in total. The monoisotopic (exact) mass is 504 g/mol. The molecule has 2 aromatic rings.